The summed E-state index contributed by atoms with van der Waals surface area (Å²) in [6, 6.07) is 17.8. The van der Waals surface area contributed by atoms with Gasteiger partial charge in [0.15, 0.2) is 0 Å². The quantitative estimate of drug-likeness (QED) is 0.881. The lowest BCUT2D eigenvalue weighted by Gasteiger charge is -2.13. The average Bonchev–Trinajstić information content (AvgIpc) is 2.54. The van der Waals surface area contributed by atoms with Gasteiger partial charge >= 0.3 is 0 Å². The largest absolute Gasteiger partial charge is 0.496 e. The Morgan fingerprint density at radius 2 is 1.76 bits per heavy atom. The second-order valence-corrected chi connectivity index (χ2v) is 5.10. The fourth-order valence-corrected chi connectivity index (χ4v) is 2.29. The second kappa shape index (κ2) is 7.48. The summed E-state index contributed by atoms with van der Waals surface area (Å²) in [6.45, 7) is 2.56. The summed E-state index contributed by atoms with van der Waals surface area (Å²) in [4.78, 5) is 12.0. The van der Waals surface area contributed by atoms with E-state index >= 15 is 0 Å². The molecule has 0 bridgehead atoms. The van der Waals surface area contributed by atoms with Crippen molar-refractivity contribution < 1.29 is 9.53 Å². The van der Waals surface area contributed by atoms with Gasteiger partial charge in [0.1, 0.15) is 5.75 Å². The Morgan fingerprint density at radius 3 is 2.48 bits per heavy atom. The fourth-order valence-electron chi connectivity index (χ4n) is 2.29. The van der Waals surface area contributed by atoms with E-state index in [1.807, 2.05) is 42.5 Å². The van der Waals surface area contributed by atoms with E-state index in [1.165, 1.54) is 5.56 Å². The van der Waals surface area contributed by atoms with Crippen LogP contribution in [0.15, 0.2) is 54.6 Å². The first-order valence-corrected chi connectivity index (χ1v) is 7.14. The lowest BCUT2D eigenvalue weighted by atomic mass is 9.97. The summed E-state index contributed by atoms with van der Waals surface area (Å²) in [5.41, 5.74) is 2.17. The molecule has 3 heteroatoms. The molecule has 0 spiro atoms. The van der Waals surface area contributed by atoms with Crippen LogP contribution in [-0.2, 0) is 11.3 Å². The summed E-state index contributed by atoms with van der Waals surface area (Å²) >= 11 is 0. The molecule has 1 atom stereocenters. The fraction of sp³-hybridized carbons (Fsp3) is 0.278. The first-order chi connectivity index (χ1) is 10.2. The van der Waals surface area contributed by atoms with Crippen LogP contribution in [0.2, 0.25) is 0 Å². The van der Waals surface area contributed by atoms with Crippen molar-refractivity contribution in [1.82, 2.24) is 5.32 Å². The van der Waals surface area contributed by atoms with E-state index < -0.39 is 0 Å². The third-order valence-electron chi connectivity index (χ3n) is 3.53. The highest BCUT2D eigenvalue weighted by Crippen LogP contribution is 2.19. The SMILES string of the molecule is COc1ccccc1CNC(=O)CC(C)c1ccccc1. The molecule has 0 aromatic heterocycles. The maximum absolute atomic E-state index is 12.0. The van der Waals surface area contributed by atoms with Gasteiger partial charge in [-0.15, -0.1) is 0 Å². The van der Waals surface area contributed by atoms with Crippen LogP contribution in [0.25, 0.3) is 0 Å². The van der Waals surface area contributed by atoms with E-state index in [-0.39, 0.29) is 11.8 Å². The zero-order valence-corrected chi connectivity index (χ0v) is 12.5. The van der Waals surface area contributed by atoms with Gasteiger partial charge in [-0.2, -0.15) is 0 Å². The predicted octanol–water partition coefficient (Wildman–Crippen LogP) is 3.51. The van der Waals surface area contributed by atoms with Crippen molar-refractivity contribution >= 4 is 5.91 Å². The average molecular weight is 283 g/mol. The smallest absolute Gasteiger partial charge is 0.220 e. The van der Waals surface area contributed by atoms with E-state index in [0.29, 0.717) is 13.0 Å². The molecule has 21 heavy (non-hydrogen) atoms. The number of carbonyl (C=O) groups excluding carboxylic acids is 1. The summed E-state index contributed by atoms with van der Waals surface area (Å²) in [7, 11) is 1.64. The molecule has 2 aromatic carbocycles. The first kappa shape index (κ1) is 15.1. The molecular weight excluding hydrogens is 262 g/mol. The minimum atomic E-state index is 0.0530. The number of amides is 1. The maximum Gasteiger partial charge on any atom is 0.220 e. The van der Waals surface area contributed by atoms with E-state index in [1.54, 1.807) is 7.11 Å². The second-order valence-electron chi connectivity index (χ2n) is 5.10. The van der Waals surface area contributed by atoms with Gasteiger partial charge in [-0.1, -0.05) is 55.5 Å². The monoisotopic (exact) mass is 283 g/mol. The van der Waals surface area contributed by atoms with E-state index in [9.17, 15) is 4.79 Å². The summed E-state index contributed by atoms with van der Waals surface area (Å²) in [5.74, 6) is 1.06. The summed E-state index contributed by atoms with van der Waals surface area (Å²) in [6.07, 6.45) is 0.485. The van der Waals surface area contributed by atoms with E-state index in [2.05, 4.69) is 24.4 Å². The Morgan fingerprint density at radius 1 is 1.10 bits per heavy atom. The van der Waals surface area contributed by atoms with Crippen molar-refractivity contribution in [2.75, 3.05) is 7.11 Å². The lowest BCUT2D eigenvalue weighted by molar-refractivity contribution is -0.121. The lowest BCUT2D eigenvalue weighted by Crippen LogP contribution is -2.24. The predicted molar refractivity (Wildman–Crippen MR) is 84.3 cm³/mol. The number of rotatable bonds is 6. The Bertz CT molecular complexity index is 581. The number of ether oxygens (including phenoxy) is 1. The van der Waals surface area contributed by atoms with Crippen LogP contribution in [0.5, 0.6) is 5.75 Å². The van der Waals surface area contributed by atoms with Crippen LogP contribution < -0.4 is 10.1 Å². The summed E-state index contributed by atoms with van der Waals surface area (Å²) < 4.78 is 5.28. The molecule has 2 aromatic rings. The first-order valence-electron chi connectivity index (χ1n) is 7.14. The van der Waals surface area contributed by atoms with Gasteiger partial charge < -0.3 is 10.1 Å². The van der Waals surface area contributed by atoms with Gasteiger partial charge in [0, 0.05) is 18.5 Å². The Hall–Kier alpha value is -2.29. The van der Waals surface area contributed by atoms with Crippen molar-refractivity contribution in [2.45, 2.75) is 25.8 Å². The van der Waals surface area contributed by atoms with Gasteiger partial charge in [0.25, 0.3) is 0 Å². The molecular formula is C18H21NO2. The van der Waals surface area contributed by atoms with Crippen LogP contribution in [-0.4, -0.2) is 13.0 Å². The van der Waals surface area contributed by atoms with Crippen molar-refractivity contribution in [3.8, 4) is 5.75 Å². The molecule has 0 fully saturated rings. The van der Waals surface area contributed by atoms with Gasteiger partial charge in [-0.25, -0.2) is 0 Å². The normalized spacial score (nSPS) is 11.7. The van der Waals surface area contributed by atoms with Crippen LogP contribution in [0.1, 0.15) is 30.4 Å². The number of nitrogens with one attached hydrogen (secondary N) is 1. The number of hydrogen-bond acceptors (Lipinski definition) is 2. The van der Waals surface area contributed by atoms with Crippen LogP contribution in [0, 0.1) is 0 Å². The third-order valence-corrected chi connectivity index (χ3v) is 3.53. The molecule has 2 rings (SSSR count). The zero-order chi connectivity index (χ0) is 15.1. The molecule has 0 aliphatic carbocycles. The molecule has 0 aliphatic heterocycles. The Kier molecular flexibility index (Phi) is 5.38. The van der Waals surface area contributed by atoms with Crippen molar-refractivity contribution in [3.63, 3.8) is 0 Å². The number of carbonyl (C=O) groups is 1. The zero-order valence-electron chi connectivity index (χ0n) is 12.5. The minimum absolute atomic E-state index is 0.0530. The Labute approximate surface area is 126 Å². The standard InChI is InChI=1S/C18H21NO2/c1-14(15-8-4-3-5-9-15)12-18(20)19-13-16-10-6-7-11-17(16)21-2/h3-11,14H,12-13H2,1-2H3,(H,19,20). The molecule has 1 amide bonds. The van der Waals surface area contributed by atoms with Crippen molar-refractivity contribution in [1.29, 1.82) is 0 Å². The number of benzene rings is 2. The highest BCUT2D eigenvalue weighted by Gasteiger charge is 2.11. The molecule has 0 radical (unpaired) electrons. The van der Waals surface area contributed by atoms with Crippen molar-refractivity contribution in [2.24, 2.45) is 0 Å². The van der Waals surface area contributed by atoms with Crippen LogP contribution in [0.3, 0.4) is 0 Å². The highest BCUT2D eigenvalue weighted by atomic mass is 16.5. The van der Waals surface area contributed by atoms with Gasteiger partial charge in [0.2, 0.25) is 5.91 Å². The van der Waals surface area contributed by atoms with E-state index in [4.69, 9.17) is 4.74 Å². The molecule has 0 heterocycles. The van der Waals surface area contributed by atoms with Gasteiger partial charge in [0.05, 0.1) is 7.11 Å². The Balaban J connectivity index is 1.88. The van der Waals surface area contributed by atoms with Crippen molar-refractivity contribution in [3.05, 3.63) is 65.7 Å². The van der Waals surface area contributed by atoms with Crippen LogP contribution in [0.4, 0.5) is 0 Å². The van der Waals surface area contributed by atoms with Crippen LogP contribution >= 0.6 is 0 Å². The molecule has 3 nitrogen and oxygen atoms in total. The number of para-hydroxylation sites is 1. The number of methoxy groups -OCH3 is 1. The highest BCUT2D eigenvalue weighted by molar-refractivity contribution is 5.76. The number of hydrogen-bond donors (Lipinski definition) is 1. The molecule has 0 saturated heterocycles. The molecule has 1 unspecified atom stereocenters. The topological polar surface area (TPSA) is 38.3 Å². The maximum atomic E-state index is 12.0. The molecule has 0 aliphatic rings. The summed E-state index contributed by atoms with van der Waals surface area (Å²) in [5, 5.41) is 2.96. The third kappa shape index (κ3) is 4.35. The molecule has 0 saturated carbocycles. The van der Waals surface area contributed by atoms with E-state index in [0.717, 1.165) is 11.3 Å². The van der Waals surface area contributed by atoms with Gasteiger partial charge in [-0.05, 0) is 17.5 Å². The molecule has 1 N–H and O–H groups in total. The molecule has 110 valence electrons. The minimum Gasteiger partial charge on any atom is -0.496 e. The van der Waals surface area contributed by atoms with Gasteiger partial charge in [-0.3, -0.25) is 4.79 Å².